The highest BCUT2D eigenvalue weighted by atomic mass is 32.2. The molecule has 29 heavy (non-hydrogen) atoms. The van der Waals surface area contributed by atoms with E-state index in [4.69, 9.17) is 9.72 Å². The molecule has 0 radical (unpaired) electrons. The Kier molecular flexibility index (Phi) is 4.30. The van der Waals surface area contributed by atoms with Crippen LogP contribution < -0.4 is 4.90 Å². The van der Waals surface area contributed by atoms with E-state index in [2.05, 4.69) is 21.8 Å². The van der Waals surface area contributed by atoms with Crippen molar-refractivity contribution >= 4 is 48.2 Å². The van der Waals surface area contributed by atoms with Crippen molar-refractivity contribution in [2.45, 2.75) is 17.9 Å². The van der Waals surface area contributed by atoms with Crippen LogP contribution in [0.4, 0.5) is 5.82 Å². The van der Waals surface area contributed by atoms with Crippen LogP contribution in [0.15, 0.2) is 40.9 Å². The minimum atomic E-state index is -3.42. The third kappa shape index (κ3) is 3.07. The number of thiophene rings is 1. The molecule has 0 spiro atoms. The molecule has 4 heterocycles. The summed E-state index contributed by atoms with van der Waals surface area (Å²) in [4.78, 5) is 16.3. The number of benzene rings is 1. The number of fused-ring (bicyclic) bond motifs is 2. The molecule has 0 unspecified atom stereocenters. The van der Waals surface area contributed by atoms with Crippen molar-refractivity contribution in [1.82, 2.24) is 19.5 Å². The lowest BCUT2D eigenvalue weighted by Gasteiger charge is -2.34. The Morgan fingerprint density at radius 3 is 2.86 bits per heavy atom. The molecular weight excluding hydrogens is 410 g/mol. The van der Waals surface area contributed by atoms with Gasteiger partial charge in [0.1, 0.15) is 16.7 Å². The second-order valence-electron chi connectivity index (χ2n) is 7.12. The van der Waals surface area contributed by atoms with Gasteiger partial charge in [0.15, 0.2) is 15.7 Å². The van der Waals surface area contributed by atoms with Crippen molar-refractivity contribution in [3.63, 3.8) is 0 Å². The van der Waals surface area contributed by atoms with E-state index >= 15 is 0 Å². The standard InChI is InChI=1S/C19H19N5O3S2/c1-12-9-27-8-7-23(12)18-17-16(15(10-28-17)29(2,25)26)21-19(22-18)24-11-20-13-5-3-4-6-14(13)24/h3-6,10-12H,7-9H2,1-2H3/t12-/m1/s1. The largest absolute Gasteiger partial charge is 0.377 e. The van der Waals surface area contributed by atoms with Crippen molar-refractivity contribution in [2.24, 2.45) is 0 Å². The Labute approximate surface area is 171 Å². The van der Waals surface area contributed by atoms with Gasteiger partial charge in [-0.2, -0.15) is 4.98 Å². The number of imidazole rings is 1. The molecular formula is C19H19N5O3S2. The molecule has 0 amide bonds. The van der Waals surface area contributed by atoms with E-state index in [0.29, 0.717) is 31.2 Å². The summed E-state index contributed by atoms with van der Waals surface area (Å²) in [5.74, 6) is 1.14. The van der Waals surface area contributed by atoms with Crippen LogP contribution in [0.1, 0.15) is 6.92 Å². The zero-order chi connectivity index (χ0) is 20.2. The van der Waals surface area contributed by atoms with Gasteiger partial charge in [-0.1, -0.05) is 12.1 Å². The SMILES string of the molecule is C[C@@H]1COCCN1c1nc(-n2cnc3ccccc32)nc2c(S(C)(=O)=O)csc12. The lowest BCUT2D eigenvalue weighted by Crippen LogP contribution is -2.44. The van der Waals surface area contributed by atoms with Gasteiger partial charge < -0.3 is 9.64 Å². The number of nitrogens with zero attached hydrogens (tertiary/aromatic N) is 5. The summed E-state index contributed by atoms with van der Waals surface area (Å²) >= 11 is 1.36. The quantitative estimate of drug-likeness (QED) is 0.494. The summed E-state index contributed by atoms with van der Waals surface area (Å²) in [7, 11) is -3.42. The normalized spacial score (nSPS) is 18.0. The molecule has 0 saturated carbocycles. The zero-order valence-electron chi connectivity index (χ0n) is 15.9. The molecule has 1 aliphatic rings. The van der Waals surface area contributed by atoms with Crippen molar-refractivity contribution < 1.29 is 13.2 Å². The Morgan fingerprint density at radius 1 is 1.24 bits per heavy atom. The maximum atomic E-state index is 12.4. The minimum Gasteiger partial charge on any atom is -0.377 e. The summed E-state index contributed by atoms with van der Waals surface area (Å²) in [6.45, 7) is 3.95. The lowest BCUT2D eigenvalue weighted by atomic mass is 10.2. The maximum absolute atomic E-state index is 12.4. The molecule has 5 rings (SSSR count). The predicted molar refractivity (Wildman–Crippen MR) is 113 cm³/mol. The molecule has 150 valence electrons. The molecule has 10 heteroatoms. The van der Waals surface area contributed by atoms with E-state index in [0.717, 1.165) is 21.6 Å². The molecule has 0 aliphatic carbocycles. The number of hydrogen-bond acceptors (Lipinski definition) is 8. The summed E-state index contributed by atoms with van der Waals surface area (Å²) in [5, 5.41) is 1.65. The van der Waals surface area contributed by atoms with Crippen LogP contribution in [0, 0.1) is 0 Å². The Hall–Kier alpha value is -2.56. The number of para-hydroxylation sites is 2. The van der Waals surface area contributed by atoms with Gasteiger partial charge in [0.05, 0.1) is 35.0 Å². The third-order valence-corrected chi connectivity index (χ3v) is 7.29. The molecule has 8 nitrogen and oxygen atoms in total. The van der Waals surface area contributed by atoms with Crippen LogP contribution >= 0.6 is 11.3 Å². The zero-order valence-corrected chi connectivity index (χ0v) is 17.6. The molecule has 1 atom stereocenters. The van der Waals surface area contributed by atoms with Gasteiger partial charge in [0, 0.05) is 18.2 Å². The molecule has 0 bridgehead atoms. The third-order valence-electron chi connectivity index (χ3n) is 5.06. The monoisotopic (exact) mass is 429 g/mol. The second-order valence-corrected chi connectivity index (χ2v) is 9.98. The second kappa shape index (κ2) is 6.75. The van der Waals surface area contributed by atoms with E-state index in [-0.39, 0.29) is 10.9 Å². The van der Waals surface area contributed by atoms with Crippen molar-refractivity contribution in [2.75, 3.05) is 30.9 Å². The first-order chi connectivity index (χ1) is 13.9. The number of aromatic nitrogens is 4. The van der Waals surface area contributed by atoms with E-state index in [1.54, 1.807) is 16.3 Å². The predicted octanol–water partition coefficient (Wildman–Crippen LogP) is 2.66. The number of sulfone groups is 1. The first-order valence-electron chi connectivity index (χ1n) is 9.19. The highest BCUT2D eigenvalue weighted by Crippen LogP contribution is 2.36. The van der Waals surface area contributed by atoms with Crippen LogP contribution in [0.3, 0.4) is 0 Å². The first kappa shape index (κ1) is 18.5. The number of anilines is 1. The highest BCUT2D eigenvalue weighted by Gasteiger charge is 2.27. The summed E-state index contributed by atoms with van der Waals surface area (Å²) in [5.41, 5.74) is 2.14. The smallest absolute Gasteiger partial charge is 0.238 e. The number of hydrogen-bond donors (Lipinski definition) is 0. The molecule has 1 aromatic carbocycles. The fourth-order valence-electron chi connectivity index (χ4n) is 3.60. The molecule has 1 fully saturated rings. The summed E-state index contributed by atoms with van der Waals surface area (Å²) in [6, 6.07) is 7.83. The number of ether oxygens (including phenoxy) is 1. The van der Waals surface area contributed by atoms with Gasteiger partial charge in [-0.3, -0.25) is 4.57 Å². The van der Waals surface area contributed by atoms with Gasteiger partial charge in [-0.05, 0) is 19.1 Å². The van der Waals surface area contributed by atoms with E-state index < -0.39 is 9.84 Å². The van der Waals surface area contributed by atoms with Gasteiger partial charge >= 0.3 is 0 Å². The fourth-order valence-corrected chi connectivity index (χ4v) is 5.88. The topological polar surface area (TPSA) is 90.2 Å². The van der Waals surface area contributed by atoms with Crippen LogP contribution in [-0.2, 0) is 14.6 Å². The molecule has 0 N–H and O–H groups in total. The van der Waals surface area contributed by atoms with Crippen LogP contribution in [0.25, 0.3) is 27.2 Å². The number of morpholine rings is 1. The van der Waals surface area contributed by atoms with Crippen molar-refractivity contribution in [3.8, 4) is 5.95 Å². The minimum absolute atomic E-state index is 0.123. The Morgan fingerprint density at radius 2 is 2.07 bits per heavy atom. The summed E-state index contributed by atoms with van der Waals surface area (Å²) in [6.07, 6.45) is 2.88. The average molecular weight is 430 g/mol. The fraction of sp³-hybridized carbons (Fsp3) is 0.316. The Balaban J connectivity index is 1.80. The molecule has 1 aliphatic heterocycles. The van der Waals surface area contributed by atoms with E-state index in [1.165, 1.54) is 17.6 Å². The van der Waals surface area contributed by atoms with Gasteiger partial charge in [0.25, 0.3) is 0 Å². The van der Waals surface area contributed by atoms with Gasteiger partial charge in [0.2, 0.25) is 5.95 Å². The van der Waals surface area contributed by atoms with Crippen molar-refractivity contribution in [1.29, 1.82) is 0 Å². The van der Waals surface area contributed by atoms with E-state index in [9.17, 15) is 8.42 Å². The highest BCUT2D eigenvalue weighted by molar-refractivity contribution is 7.91. The lowest BCUT2D eigenvalue weighted by molar-refractivity contribution is 0.0987. The molecule has 3 aromatic heterocycles. The van der Waals surface area contributed by atoms with Crippen molar-refractivity contribution in [3.05, 3.63) is 36.0 Å². The maximum Gasteiger partial charge on any atom is 0.238 e. The first-order valence-corrected chi connectivity index (χ1v) is 12.0. The molecule has 4 aromatic rings. The average Bonchev–Trinajstić information content (AvgIpc) is 3.31. The molecule has 1 saturated heterocycles. The van der Waals surface area contributed by atoms with Gasteiger partial charge in [-0.25, -0.2) is 18.4 Å². The van der Waals surface area contributed by atoms with Crippen LogP contribution in [0.5, 0.6) is 0 Å². The van der Waals surface area contributed by atoms with Gasteiger partial charge in [-0.15, -0.1) is 11.3 Å². The summed E-state index contributed by atoms with van der Waals surface area (Å²) < 4.78 is 32.9. The number of rotatable bonds is 3. The van der Waals surface area contributed by atoms with E-state index in [1.807, 2.05) is 24.3 Å². The Bertz CT molecular complexity index is 1330. The van der Waals surface area contributed by atoms with Crippen LogP contribution in [-0.4, -0.2) is 60.0 Å². The van der Waals surface area contributed by atoms with Crippen LogP contribution in [0.2, 0.25) is 0 Å².